The molecule has 1 N–H and O–H groups in total. The highest BCUT2D eigenvalue weighted by Gasteiger charge is 2.15. The average Bonchev–Trinajstić information content (AvgIpc) is 3.51. The van der Waals surface area contributed by atoms with Crippen LogP contribution < -0.4 is 10.1 Å². The number of nitrogens with one attached hydrogen (secondary N) is 1. The van der Waals surface area contributed by atoms with Crippen LogP contribution in [-0.4, -0.2) is 44.9 Å². The van der Waals surface area contributed by atoms with Crippen molar-refractivity contribution in [3.8, 4) is 17.1 Å². The number of hydrogen-bond acceptors (Lipinski definition) is 10. The number of aryl methyl sites for hydroxylation is 1. The second-order valence-corrected chi connectivity index (χ2v) is 9.49. The standard InChI is InChI=1S/C22H18ClN5O4S2/c1-31-17-5-3-2-4-15(17)20-25-19(32-28-20)11-10-18(30)24-21-26-27-22(34-21)33-12-16(29)13-6-8-14(23)9-7-13/h2-9H,10-12H2,1H3,(H,24,26,30). The van der Waals surface area contributed by atoms with Gasteiger partial charge in [-0.3, -0.25) is 9.59 Å². The van der Waals surface area contributed by atoms with Crippen LogP contribution >= 0.6 is 34.7 Å². The number of ketones is 1. The lowest BCUT2D eigenvalue weighted by Gasteiger charge is -2.03. The number of hydrogen-bond donors (Lipinski definition) is 1. The Labute approximate surface area is 207 Å². The van der Waals surface area contributed by atoms with E-state index in [9.17, 15) is 9.59 Å². The molecule has 0 spiro atoms. The first kappa shape index (κ1) is 23.9. The molecule has 1 amide bonds. The smallest absolute Gasteiger partial charge is 0.227 e. The predicted octanol–water partition coefficient (Wildman–Crippen LogP) is 4.80. The second kappa shape index (κ2) is 11.2. The number of halogens is 1. The van der Waals surface area contributed by atoms with Crippen LogP contribution in [0.15, 0.2) is 57.4 Å². The molecule has 12 heteroatoms. The molecule has 0 saturated carbocycles. The molecule has 0 unspecified atom stereocenters. The van der Waals surface area contributed by atoms with E-state index >= 15 is 0 Å². The van der Waals surface area contributed by atoms with Crippen molar-refractivity contribution < 1.29 is 18.8 Å². The molecule has 34 heavy (non-hydrogen) atoms. The fourth-order valence-electron chi connectivity index (χ4n) is 2.86. The number of para-hydroxylation sites is 1. The van der Waals surface area contributed by atoms with Gasteiger partial charge in [-0.05, 0) is 36.4 Å². The minimum atomic E-state index is -0.262. The number of nitrogens with zero attached hydrogens (tertiary/aromatic N) is 4. The van der Waals surface area contributed by atoms with Crippen molar-refractivity contribution in [3.05, 3.63) is 65.0 Å². The van der Waals surface area contributed by atoms with Crippen LogP contribution in [0, 0.1) is 0 Å². The Hall–Kier alpha value is -3.28. The van der Waals surface area contributed by atoms with Gasteiger partial charge < -0.3 is 14.6 Å². The predicted molar refractivity (Wildman–Crippen MR) is 130 cm³/mol. The molecule has 0 bridgehead atoms. The van der Waals surface area contributed by atoms with Gasteiger partial charge in [-0.25, -0.2) is 0 Å². The Kier molecular flexibility index (Phi) is 7.88. The van der Waals surface area contributed by atoms with Crippen LogP contribution in [0.1, 0.15) is 22.7 Å². The maximum atomic E-state index is 12.3. The van der Waals surface area contributed by atoms with Crippen molar-refractivity contribution >= 4 is 51.5 Å². The van der Waals surface area contributed by atoms with Gasteiger partial charge in [0.2, 0.25) is 22.8 Å². The maximum absolute atomic E-state index is 12.3. The third-order valence-electron chi connectivity index (χ3n) is 4.53. The number of thioether (sulfide) groups is 1. The molecular formula is C22H18ClN5O4S2. The van der Waals surface area contributed by atoms with Gasteiger partial charge in [0.15, 0.2) is 10.1 Å². The van der Waals surface area contributed by atoms with E-state index < -0.39 is 0 Å². The lowest BCUT2D eigenvalue weighted by Crippen LogP contribution is -2.12. The molecule has 0 radical (unpaired) electrons. The molecule has 0 aliphatic heterocycles. The number of anilines is 1. The summed E-state index contributed by atoms with van der Waals surface area (Å²) in [6.45, 7) is 0. The molecule has 0 saturated heterocycles. The van der Waals surface area contributed by atoms with E-state index in [1.54, 1.807) is 37.4 Å². The van der Waals surface area contributed by atoms with E-state index in [1.165, 1.54) is 23.1 Å². The zero-order valence-corrected chi connectivity index (χ0v) is 20.2. The van der Waals surface area contributed by atoms with Crippen LogP contribution in [0.2, 0.25) is 5.02 Å². The zero-order valence-electron chi connectivity index (χ0n) is 17.9. The van der Waals surface area contributed by atoms with E-state index in [0.29, 0.717) is 43.1 Å². The number of ether oxygens (including phenoxy) is 1. The first-order chi connectivity index (χ1) is 16.5. The minimum Gasteiger partial charge on any atom is -0.496 e. The topological polar surface area (TPSA) is 120 Å². The molecule has 9 nitrogen and oxygen atoms in total. The van der Waals surface area contributed by atoms with Gasteiger partial charge in [0, 0.05) is 23.4 Å². The van der Waals surface area contributed by atoms with Crippen LogP contribution in [0.4, 0.5) is 5.13 Å². The number of amides is 1. The van der Waals surface area contributed by atoms with Gasteiger partial charge in [0.1, 0.15) is 5.75 Å². The van der Waals surface area contributed by atoms with E-state index in [4.69, 9.17) is 20.9 Å². The normalized spacial score (nSPS) is 10.8. The SMILES string of the molecule is COc1ccccc1-c1noc(CCC(=O)Nc2nnc(SCC(=O)c3ccc(Cl)cc3)s2)n1. The summed E-state index contributed by atoms with van der Waals surface area (Å²) in [5, 5.41) is 15.6. The molecular weight excluding hydrogens is 498 g/mol. The molecule has 174 valence electrons. The van der Waals surface area contributed by atoms with E-state index in [2.05, 4.69) is 25.7 Å². The summed E-state index contributed by atoms with van der Waals surface area (Å²) in [6, 6.07) is 14.0. The van der Waals surface area contributed by atoms with Crippen molar-refractivity contribution in [2.45, 2.75) is 17.2 Å². The molecule has 0 atom stereocenters. The summed E-state index contributed by atoms with van der Waals surface area (Å²) in [6.07, 6.45) is 0.397. The third-order valence-corrected chi connectivity index (χ3v) is 6.75. The number of Topliss-reactive ketones (excluding diaryl/α,β-unsaturated/α-hetero) is 1. The first-order valence-corrected chi connectivity index (χ1v) is 12.2. The van der Waals surface area contributed by atoms with Crippen molar-refractivity contribution in [2.75, 3.05) is 18.2 Å². The number of benzene rings is 2. The van der Waals surface area contributed by atoms with E-state index in [-0.39, 0.29) is 30.3 Å². The number of rotatable bonds is 10. The third kappa shape index (κ3) is 6.19. The molecule has 4 rings (SSSR count). The summed E-state index contributed by atoms with van der Waals surface area (Å²) in [7, 11) is 1.57. The van der Waals surface area contributed by atoms with Gasteiger partial charge in [0.25, 0.3) is 0 Å². The summed E-state index contributed by atoms with van der Waals surface area (Å²) >= 11 is 8.30. The van der Waals surface area contributed by atoms with Gasteiger partial charge in [0.05, 0.1) is 18.4 Å². The van der Waals surface area contributed by atoms with Crippen molar-refractivity contribution in [1.29, 1.82) is 0 Å². The first-order valence-electron chi connectivity index (χ1n) is 10.0. The molecule has 2 aromatic heterocycles. The van der Waals surface area contributed by atoms with Gasteiger partial charge in [-0.2, -0.15) is 4.98 Å². The van der Waals surface area contributed by atoms with Crippen LogP contribution in [0.3, 0.4) is 0 Å². The van der Waals surface area contributed by atoms with Gasteiger partial charge >= 0.3 is 0 Å². The maximum Gasteiger partial charge on any atom is 0.227 e. The minimum absolute atomic E-state index is 0.0468. The zero-order chi connectivity index (χ0) is 23.9. The lowest BCUT2D eigenvalue weighted by atomic mass is 10.1. The Morgan fingerprint density at radius 3 is 2.74 bits per heavy atom. The number of aromatic nitrogens is 4. The van der Waals surface area contributed by atoms with Gasteiger partial charge in [-0.1, -0.05) is 52.0 Å². The van der Waals surface area contributed by atoms with Crippen molar-refractivity contribution in [2.24, 2.45) is 0 Å². The van der Waals surface area contributed by atoms with E-state index in [1.807, 2.05) is 18.2 Å². The Balaban J connectivity index is 1.25. The second-order valence-electron chi connectivity index (χ2n) is 6.85. The largest absolute Gasteiger partial charge is 0.496 e. The molecule has 2 aromatic carbocycles. The monoisotopic (exact) mass is 515 g/mol. The van der Waals surface area contributed by atoms with Crippen LogP contribution in [-0.2, 0) is 11.2 Å². The molecule has 0 fully saturated rings. The quantitative estimate of drug-likeness (QED) is 0.180. The highest BCUT2D eigenvalue weighted by atomic mass is 35.5. The van der Waals surface area contributed by atoms with Crippen molar-refractivity contribution in [1.82, 2.24) is 20.3 Å². The molecule has 0 aliphatic rings. The fourth-order valence-corrected chi connectivity index (χ4v) is 4.65. The summed E-state index contributed by atoms with van der Waals surface area (Å²) in [5.74, 6) is 1.26. The number of carbonyl (C=O) groups excluding carboxylic acids is 2. The Bertz CT molecular complexity index is 1290. The molecule has 2 heterocycles. The number of carbonyl (C=O) groups is 2. The van der Waals surface area contributed by atoms with Crippen LogP contribution in [0.25, 0.3) is 11.4 Å². The summed E-state index contributed by atoms with van der Waals surface area (Å²) in [4.78, 5) is 28.9. The Morgan fingerprint density at radius 1 is 1.15 bits per heavy atom. The average molecular weight is 516 g/mol. The Morgan fingerprint density at radius 2 is 1.94 bits per heavy atom. The van der Waals surface area contributed by atoms with Gasteiger partial charge in [-0.15, -0.1) is 10.2 Å². The molecule has 0 aliphatic carbocycles. The summed E-state index contributed by atoms with van der Waals surface area (Å²) in [5.41, 5.74) is 1.28. The highest BCUT2D eigenvalue weighted by molar-refractivity contribution is 8.01. The summed E-state index contributed by atoms with van der Waals surface area (Å²) < 4.78 is 11.1. The lowest BCUT2D eigenvalue weighted by molar-refractivity contribution is -0.116. The van der Waals surface area contributed by atoms with E-state index in [0.717, 1.165) is 0 Å². The fraction of sp³-hybridized carbons (Fsp3) is 0.182. The highest BCUT2D eigenvalue weighted by Crippen LogP contribution is 2.28. The van der Waals surface area contributed by atoms with Crippen LogP contribution in [0.5, 0.6) is 5.75 Å². The van der Waals surface area contributed by atoms with Crippen molar-refractivity contribution in [3.63, 3.8) is 0 Å². The molecule has 4 aromatic rings. The number of methoxy groups -OCH3 is 1.